The lowest BCUT2D eigenvalue weighted by atomic mass is 10.2. The summed E-state index contributed by atoms with van der Waals surface area (Å²) >= 11 is 6.00. The Morgan fingerprint density at radius 3 is 2.68 bits per heavy atom. The Bertz CT molecular complexity index is 843. The minimum Gasteiger partial charge on any atom is -0.492 e. The van der Waals surface area contributed by atoms with Crippen molar-refractivity contribution < 1.29 is 23.8 Å². The van der Waals surface area contributed by atoms with E-state index in [1.54, 1.807) is 30.3 Å². The molecule has 0 bridgehead atoms. The lowest BCUT2D eigenvalue weighted by Crippen LogP contribution is -2.34. The van der Waals surface area contributed by atoms with Gasteiger partial charge in [0, 0.05) is 25.1 Å². The Morgan fingerprint density at radius 1 is 1.04 bits per heavy atom. The summed E-state index contributed by atoms with van der Waals surface area (Å²) in [6, 6.07) is 12.2. The number of benzene rings is 2. The molecule has 1 aliphatic heterocycles. The highest BCUT2D eigenvalue weighted by Gasteiger charge is 2.15. The van der Waals surface area contributed by atoms with Crippen molar-refractivity contribution >= 4 is 23.4 Å². The maximum atomic E-state index is 12.1. The van der Waals surface area contributed by atoms with Gasteiger partial charge >= 0.3 is 0 Å². The van der Waals surface area contributed by atoms with E-state index in [2.05, 4.69) is 10.6 Å². The number of para-hydroxylation sites is 1. The van der Waals surface area contributed by atoms with E-state index in [0.717, 1.165) is 0 Å². The molecule has 2 amide bonds. The first-order chi connectivity index (χ1) is 13.6. The van der Waals surface area contributed by atoms with Crippen molar-refractivity contribution in [2.75, 3.05) is 26.5 Å². The Balaban J connectivity index is 1.28. The molecule has 0 radical (unpaired) electrons. The summed E-state index contributed by atoms with van der Waals surface area (Å²) in [5.74, 6) is 1.46. The molecule has 0 aliphatic carbocycles. The summed E-state index contributed by atoms with van der Waals surface area (Å²) < 4.78 is 16.0. The number of nitrogens with one attached hydrogen (secondary N) is 2. The van der Waals surface area contributed by atoms with Crippen LogP contribution in [0, 0.1) is 0 Å². The third kappa shape index (κ3) is 5.53. The summed E-state index contributed by atoms with van der Waals surface area (Å²) in [5.41, 5.74) is 0.479. The summed E-state index contributed by atoms with van der Waals surface area (Å²) in [6.45, 7) is 1.24. The second-order valence-corrected chi connectivity index (χ2v) is 6.46. The van der Waals surface area contributed by atoms with Crippen LogP contribution in [-0.4, -0.2) is 38.3 Å². The summed E-state index contributed by atoms with van der Waals surface area (Å²) in [4.78, 5) is 23.9. The van der Waals surface area contributed by atoms with E-state index >= 15 is 0 Å². The van der Waals surface area contributed by atoms with Gasteiger partial charge < -0.3 is 24.8 Å². The van der Waals surface area contributed by atoms with E-state index in [4.69, 9.17) is 25.8 Å². The number of ether oxygens (including phenoxy) is 3. The summed E-state index contributed by atoms with van der Waals surface area (Å²) in [5, 5.41) is 6.06. The molecular weight excluding hydrogens is 384 g/mol. The monoisotopic (exact) mass is 404 g/mol. The molecule has 0 unspecified atom stereocenters. The fourth-order valence-electron chi connectivity index (χ4n) is 2.58. The van der Waals surface area contributed by atoms with Gasteiger partial charge in [-0.2, -0.15) is 0 Å². The van der Waals surface area contributed by atoms with Crippen molar-refractivity contribution in [2.24, 2.45) is 0 Å². The molecule has 2 aromatic carbocycles. The number of hydrogen-bond acceptors (Lipinski definition) is 5. The molecule has 2 N–H and O–H groups in total. The maximum absolute atomic E-state index is 12.1. The molecule has 1 aliphatic rings. The lowest BCUT2D eigenvalue weighted by molar-refractivity contribution is -0.121. The number of amides is 2. The molecule has 148 valence electrons. The van der Waals surface area contributed by atoms with Crippen molar-refractivity contribution in [1.29, 1.82) is 0 Å². The van der Waals surface area contributed by atoms with Crippen molar-refractivity contribution in [2.45, 2.75) is 12.8 Å². The molecule has 8 heteroatoms. The van der Waals surface area contributed by atoms with Crippen LogP contribution >= 0.6 is 11.6 Å². The van der Waals surface area contributed by atoms with Crippen LogP contribution in [-0.2, 0) is 4.79 Å². The maximum Gasteiger partial charge on any atom is 0.251 e. The lowest BCUT2D eigenvalue weighted by Gasteiger charge is -2.09. The molecule has 0 spiro atoms. The Kier molecular flexibility index (Phi) is 6.97. The van der Waals surface area contributed by atoms with Crippen molar-refractivity contribution in [3.63, 3.8) is 0 Å². The molecule has 1 heterocycles. The molecule has 2 aromatic rings. The Morgan fingerprint density at radius 2 is 1.82 bits per heavy atom. The van der Waals surface area contributed by atoms with E-state index < -0.39 is 0 Å². The smallest absolute Gasteiger partial charge is 0.251 e. The van der Waals surface area contributed by atoms with Gasteiger partial charge in [-0.05, 0) is 36.8 Å². The zero-order valence-electron chi connectivity index (χ0n) is 15.2. The number of carbonyl (C=O) groups is 2. The molecule has 0 saturated carbocycles. The summed E-state index contributed by atoms with van der Waals surface area (Å²) in [7, 11) is 0. The molecule has 0 saturated heterocycles. The van der Waals surface area contributed by atoms with Crippen LogP contribution in [0.1, 0.15) is 23.2 Å². The van der Waals surface area contributed by atoms with Crippen LogP contribution in [0.3, 0.4) is 0 Å². The molecule has 0 aromatic heterocycles. The highest BCUT2D eigenvalue weighted by molar-refractivity contribution is 6.32. The van der Waals surface area contributed by atoms with E-state index in [9.17, 15) is 9.59 Å². The quantitative estimate of drug-likeness (QED) is 0.628. The second kappa shape index (κ2) is 9.85. The number of fused-ring (bicyclic) bond motifs is 1. The average molecular weight is 405 g/mol. The molecule has 28 heavy (non-hydrogen) atoms. The van der Waals surface area contributed by atoms with Gasteiger partial charge in [0.1, 0.15) is 5.75 Å². The van der Waals surface area contributed by atoms with Crippen LogP contribution in [0.5, 0.6) is 17.2 Å². The summed E-state index contributed by atoms with van der Waals surface area (Å²) in [6.07, 6.45) is 0.904. The molecule has 0 atom stereocenters. The normalized spacial score (nSPS) is 11.8. The molecule has 3 rings (SSSR count). The largest absolute Gasteiger partial charge is 0.492 e. The molecule has 0 fully saturated rings. The van der Waals surface area contributed by atoms with Crippen molar-refractivity contribution in [3.05, 3.63) is 53.1 Å². The first-order valence-corrected chi connectivity index (χ1v) is 9.33. The van der Waals surface area contributed by atoms with Crippen LogP contribution in [0.4, 0.5) is 0 Å². The predicted octanol–water partition coefficient (Wildman–Crippen LogP) is 2.77. The average Bonchev–Trinajstić information content (AvgIpc) is 3.17. The van der Waals surface area contributed by atoms with Crippen LogP contribution in [0.25, 0.3) is 0 Å². The third-order valence-electron chi connectivity index (χ3n) is 4.01. The predicted molar refractivity (Wildman–Crippen MR) is 104 cm³/mol. The number of carbonyl (C=O) groups excluding carboxylic acids is 2. The Hall–Kier alpha value is -2.93. The Labute approximate surface area is 167 Å². The number of rotatable bonds is 9. The highest BCUT2D eigenvalue weighted by Crippen LogP contribution is 2.32. The highest BCUT2D eigenvalue weighted by atomic mass is 35.5. The first kappa shape index (κ1) is 19.8. The standard InChI is InChI=1S/C20H21ClN2O5/c21-15-4-1-2-5-16(15)26-11-3-6-19(24)22-9-10-23-20(25)14-7-8-17-18(12-14)28-13-27-17/h1-2,4-5,7-8,12H,3,6,9-11,13H2,(H,22,24)(H,23,25). The van der Waals surface area contributed by atoms with Crippen molar-refractivity contribution in [1.82, 2.24) is 10.6 Å². The number of halogens is 1. The SMILES string of the molecule is O=C(CCCOc1ccccc1Cl)NCCNC(=O)c1ccc2c(c1)OCO2. The van der Waals surface area contributed by atoms with E-state index in [0.29, 0.717) is 60.4 Å². The van der Waals surface area contributed by atoms with Gasteiger partial charge in [0.15, 0.2) is 11.5 Å². The van der Waals surface area contributed by atoms with Crippen LogP contribution in [0.2, 0.25) is 5.02 Å². The minimum absolute atomic E-state index is 0.0971. The fraction of sp³-hybridized carbons (Fsp3) is 0.300. The third-order valence-corrected chi connectivity index (χ3v) is 4.32. The van der Waals surface area contributed by atoms with Gasteiger partial charge in [-0.1, -0.05) is 23.7 Å². The fourth-order valence-corrected chi connectivity index (χ4v) is 2.77. The number of hydrogen-bond donors (Lipinski definition) is 2. The zero-order valence-corrected chi connectivity index (χ0v) is 16.0. The van der Waals surface area contributed by atoms with Crippen molar-refractivity contribution in [3.8, 4) is 17.2 Å². The van der Waals surface area contributed by atoms with Crippen LogP contribution in [0.15, 0.2) is 42.5 Å². The zero-order chi connectivity index (χ0) is 19.8. The van der Waals surface area contributed by atoms with Gasteiger partial charge in [0.05, 0.1) is 11.6 Å². The van der Waals surface area contributed by atoms with E-state index in [1.807, 2.05) is 12.1 Å². The minimum atomic E-state index is -0.235. The van der Waals surface area contributed by atoms with Gasteiger partial charge in [0.2, 0.25) is 12.7 Å². The van der Waals surface area contributed by atoms with Crippen LogP contribution < -0.4 is 24.8 Å². The van der Waals surface area contributed by atoms with E-state index in [-0.39, 0.29) is 18.6 Å². The van der Waals surface area contributed by atoms with Gasteiger partial charge in [-0.3, -0.25) is 9.59 Å². The second-order valence-electron chi connectivity index (χ2n) is 6.06. The van der Waals surface area contributed by atoms with Gasteiger partial charge in [0.25, 0.3) is 5.91 Å². The first-order valence-electron chi connectivity index (χ1n) is 8.95. The van der Waals surface area contributed by atoms with E-state index in [1.165, 1.54) is 0 Å². The molecule has 7 nitrogen and oxygen atoms in total. The topological polar surface area (TPSA) is 85.9 Å². The van der Waals surface area contributed by atoms with Gasteiger partial charge in [-0.25, -0.2) is 0 Å². The molecular formula is C20H21ClN2O5. The van der Waals surface area contributed by atoms with Gasteiger partial charge in [-0.15, -0.1) is 0 Å².